The van der Waals surface area contributed by atoms with E-state index in [1.165, 1.54) is 29.5 Å². The number of ether oxygens (including phenoxy) is 6. The van der Waals surface area contributed by atoms with Crippen LogP contribution in [0.4, 0.5) is 15.7 Å². The number of aliphatic carboxylic acids is 2. The van der Waals surface area contributed by atoms with E-state index in [9.17, 15) is 64.4 Å². The highest BCUT2D eigenvalue weighted by atomic mass is 32.1. The Morgan fingerprint density at radius 3 is 2.28 bits per heavy atom. The van der Waals surface area contributed by atoms with Gasteiger partial charge in [0, 0.05) is 86.1 Å². The third-order valence-corrected chi connectivity index (χ3v) is 19.7. The van der Waals surface area contributed by atoms with Gasteiger partial charge in [-0.15, -0.1) is 0 Å². The van der Waals surface area contributed by atoms with Crippen molar-refractivity contribution in [3.05, 3.63) is 112 Å². The van der Waals surface area contributed by atoms with Crippen molar-refractivity contribution < 1.29 is 92.6 Å². The molecule has 29 nitrogen and oxygen atoms in total. The molecule has 10 N–H and O–H groups in total. The van der Waals surface area contributed by atoms with Crippen molar-refractivity contribution in [3.63, 3.8) is 0 Å². The van der Waals surface area contributed by atoms with Gasteiger partial charge >= 0.3 is 24.0 Å². The average molecular weight is 1370 g/mol. The van der Waals surface area contributed by atoms with E-state index in [-0.39, 0.29) is 124 Å². The molecule has 1 saturated heterocycles. The number of nitriles is 1. The number of benzene rings is 3. The van der Waals surface area contributed by atoms with Crippen LogP contribution in [0, 0.1) is 34.5 Å². The smallest absolute Gasteiger partial charge is 0.407 e. The Kier molecular flexibility index (Phi) is 21.0. The molecular weight excluding hydrogens is 1290 g/mol. The number of anilines is 2. The van der Waals surface area contributed by atoms with Crippen molar-refractivity contribution in [2.75, 3.05) is 62.8 Å². The number of aromatic carboxylic acids is 1. The number of carbonyl (C=O) groups excluding carboxylic acids is 4. The third-order valence-electron chi connectivity index (χ3n) is 18.8. The Bertz CT molecular complexity index is 4030. The number of rotatable bonds is 29. The number of carbonyl (C=O) groups is 7. The summed E-state index contributed by atoms with van der Waals surface area (Å²) in [6.07, 6.45) is -3.31. The molecule has 4 saturated carbocycles. The maximum atomic E-state index is 13.9. The summed E-state index contributed by atoms with van der Waals surface area (Å²) < 4.78 is 38.1. The summed E-state index contributed by atoms with van der Waals surface area (Å²) in [5.41, 5.74) is 4.18. The van der Waals surface area contributed by atoms with Crippen LogP contribution in [-0.2, 0) is 64.2 Å². The number of amides is 4. The van der Waals surface area contributed by atoms with Crippen molar-refractivity contribution in [3.8, 4) is 28.7 Å². The first-order chi connectivity index (χ1) is 46.8. The van der Waals surface area contributed by atoms with Gasteiger partial charge < -0.3 is 79.9 Å². The lowest BCUT2D eigenvalue weighted by atomic mass is 9.39. The van der Waals surface area contributed by atoms with E-state index >= 15 is 0 Å². The highest BCUT2D eigenvalue weighted by Crippen LogP contribution is 2.72. The molecule has 5 fully saturated rings. The predicted molar refractivity (Wildman–Crippen MR) is 349 cm³/mol. The summed E-state index contributed by atoms with van der Waals surface area (Å²) >= 11 is 1.36. The molecule has 0 radical (unpaired) electrons. The van der Waals surface area contributed by atoms with E-state index < -0.39 is 66.2 Å². The van der Waals surface area contributed by atoms with Crippen LogP contribution in [-0.4, -0.2) is 181 Å². The Morgan fingerprint density at radius 2 is 1.53 bits per heavy atom. The Hall–Kier alpha value is -9.35. The summed E-state index contributed by atoms with van der Waals surface area (Å²) in [5, 5.41) is 86.5. The number of alkyl carbamates (subject to hydrolysis) is 1. The minimum Gasteiger partial charge on any atom is -0.491 e. The van der Waals surface area contributed by atoms with Crippen LogP contribution < -0.4 is 35.6 Å². The highest BCUT2D eigenvalue weighted by Gasteiger charge is 2.66. The number of aliphatic hydroxyl groups is 3. The van der Waals surface area contributed by atoms with Crippen LogP contribution >= 0.6 is 11.3 Å². The SMILES string of the molecule is Cc1c(-c2ccc(N3CCc4c(C#N)ccc(C(=O)Nc5nc6ccccc6s5)c4C3)nc2C(=O)O)cnn1CC12CC3(C)CC(C)(C1)CC(OCCNC(=O)OCc1ccc(O[C@@H]4O[C@H](C(=O)O)[C@@H](O)[C@H](O)[C@H]4O)cc1OCCOCCNC(=O)CCNC(=O)CCC(=O)O)(C3)C2. The fourth-order valence-electron chi connectivity index (χ4n) is 15.7. The molecule has 520 valence electrons. The van der Waals surface area contributed by atoms with E-state index in [0.29, 0.717) is 63.8 Å². The lowest BCUT2D eigenvalue weighted by molar-refractivity contribution is -0.271. The summed E-state index contributed by atoms with van der Waals surface area (Å²) in [4.78, 5) is 98.1. The number of carboxylic acids is 3. The number of carboxylic acid groups (broad SMARTS) is 3. The summed E-state index contributed by atoms with van der Waals surface area (Å²) in [7, 11) is 0. The number of aliphatic hydroxyl groups excluding tert-OH is 3. The molecule has 4 amide bonds. The zero-order valence-corrected chi connectivity index (χ0v) is 55.1. The number of thiazole rings is 1. The second-order valence-electron chi connectivity index (χ2n) is 26.7. The van der Waals surface area contributed by atoms with Crippen LogP contribution in [0.25, 0.3) is 21.3 Å². The Balaban J connectivity index is 0.700. The molecule has 4 bridgehead atoms. The molecule has 5 heterocycles. The number of hydrogen-bond donors (Lipinski definition) is 10. The number of fused-ring (bicyclic) bond motifs is 2. The minimum atomic E-state index is -1.95. The van der Waals surface area contributed by atoms with Crippen molar-refractivity contribution >= 4 is 74.2 Å². The second-order valence-corrected chi connectivity index (χ2v) is 27.7. The molecule has 0 spiro atoms. The molecule has 6 aliphatic rings. The molecular formula is C68H78N10O19S. The van der Waals surface area contributed by atoms with Crippen molar-refractivity contribution in [2.45, 2.75) is 141 Å². The zero-order valence-electron chi connectivity index (χ0n) is 54.2. The van der Waals surface area contributed by atoms with Crippen molar-refractivity contribution in [2.24, 2.45) is 16.2 Å². The number of hydrogen-bond acceptors (Lipinski definition) is 22. The van der Waals surface area contributed by atoms with E-state index in [1.54, 1.807) is 30.5 Å². The molecule has 3 aromatic carbocycles. The van der Waals surface area contributed by atoms with Gasteiger partial charge in [0.2, 0.25) is 18.1 Å². The van der Waals surface area contributed by atoms with E-state index in [1.807, 2.05) is 40.8 Å². The second kappa shape index (κ2) is 29.4. The lowest BCUT2D eigenvalue weighted by Gasteiger charge is -2.69. The first-order valence-electron chi connectivity index (χ1n) is 32.3. The minimum absolute atomic E-state index is 0.00950. The summed E-state index contributed by atoms with van der Waals surface area (Å²) in [5.74, 6) is -4.64. The van der Waals surface area contributed by atoms with E-state index in [2.05, 4.69) is 46.2 Å². The zero-order chi connectivity index (χ0) is 69.7. The van der Waals surface area contributed by atoms with Gasteiger partial charge in [0.25, 0.3) is 5.91 Å². The number of aromatic nitrogens is 4. The topological polar surface area (TPSA) is 415 Å². The molecule has 3 aromatic heterocycles. The lowest BCUT2D eigenvalue weighted by Crippen LogP contribution is -2.64. The maximum absolute atomic E-state index is 13.9. The summed E-state index contributed by atoms with van der Waals surface area (Å²) in [6.45, 7) is 7.89. The van der Waals surface area contributed by atoms with E-state index in [0.717, 1.165) is 60.0 Å². The molecule has 12 rings (SSSR count). The number of nitrogens with one attached hydrogen (secondary N) is 4. The van der Waals surface area contributed by atoms with Crippen LogP contribution in [0.2, 0.25) is 0 Å². The van der Waals surface area contributed by atoms with Crippen LogP contribution in [0.5, 0.6) is 11.5 Å². The van der Waals surface area contributed by atoms with Gasteiger partial charge in [-0.3, -0.25) is 29.2 Å². The predicted octanol–water partition coefficient (Wildman–Crippen LogP) is 5.46. The van der Waals surface area contributed by atoms with Crippen LogP contribution in [0.1, 0.15) is 120 Å². The van der Waals surface area contributed by atoms with Crippen LogP contribution in [0.3, 0.4) is 0 Å². The Morgan fingerprint density at radius 1 is 0.776 bits per heavy atom. The largest absolute Gasteiger partial charge is 0.491 e. The van der Waals surface area contributed by atoms with Gasteiger partial charge in [-0.05, 0) is 128 Å². The number of para-hydroxylation sites is 1. The van der Waals surface area contributed by atoms with Gasteiger partial charge in [0.1, 0.15) is 48.8 Å². The van der Waals surface area contributed by atoms with Crippen LogP contribution in [0.15, 0.2) is 72.9 Å². The molecule has 2 aliphatic heterocycles. The molecule has 6 aromatic rings. The monoisotopic (exact) mass is 1370 g/mol. The van der Waals surface area contributed by atoms with Gasteiger partial charge in [0.05, 0.1) is 59.9 Å². The third kappa shape index (κ3) is 15.9. The van der Waals surface area contributed by atoms with Crippen molar-refractivity contribution in [1.29, 1.82) is 5.26 Å². The first kappa shape index (κ1) is 70.0. The fourth-order valence-corrected chi connectivity index (χ4v) is 16.5. The highest BCUT2D eigenvalue weighted by molar-refractivity contribution is 7.22. The van der Waals surface area contributed by atoms with Crippen molar-refractivity contribution in [1.82, 2.24) is 35.7 Å². The number of pyridine rings is 1. The fraction of sp³-hybridized carbons (Fsp3) is 0.485. The normalized spacial score (nSPS) is 24.4. The average Bonchev–Trinajstić information content (AvgIpc) is 0.745. The van der Waals surface area contributed by atoms with Gasteiger partial charge in [0.15, 0.2) is 16.9 Å². The molecule has 30 heteroatoms. The quantitative estimate of drug-likeness (QED) is 0.0260. The maximum Gasteiger partial charge on any atom is 0.407 e. The molecule has 4 aliphatic carbocycles. The molecule has 7 atom stereocenters. The molecule has 98 heavy (non-hydrogen) atoms. The van der Waals surface area contributed by atoms with E-state index in [4.69, 9.17) is 43.6 Å². The van der Waals surface area contributed by atoms with Gasteiger partial charge in [-0.2, -0.15) is 10.4 Å². The Labute approximate surface area is 566 Å². The summed E-state index contributed by atoms with van der Waals surface area (Å²) in [6, 6.07) is 21.0. The van der Waals surface area contributed by atoms with Gasteiger partial charge in [-0.1, -0.05) is 37.3 Å². The van der Waals surface area contributed by atoms with Gasteiger partial charge in [-0.25, -0.2) is 24.4 Å². The number of nitrogens with zero attached hydrogens (tertiary/aromatic N) is 6. The molecule has 2 unspecified atom stereocenters. The standard InChI is InChI=1S/C68H78N10O19S/c1-38-45(43-12-13-50(75-54(43)60(87)88)77-21-17-42-39(27-69)9-11-44(46(42)29-77)59(86)76-63-74-47-6-4-5-7-49(47)98-63)28-73-78(38)37-67-32-65(2)31-66(3,33-67)35-68(34-65,36-67)95-23-20-72-64(91)94-30-40-8-10-41(96-62-57(85)55(83)56(84)58(97-62)61(89)90)26-48(40)93-25-24-92-22-19-71-52(80)16-18-70-51(79)14-15-53(81)82/h4-13,26,28,55-58,62,83-85H,14-25,29-37H2,1-3H3,(H,70,79)(H,71,80)(H,72,91)(H,81,82)(H,87,88)(H,89,90)(H,74,76,86)/t55-,56-,57+,58-,62+,65?,66?,67?,68?/m0/s1. The first-order valence-corrected chi connectivity index (χ1v) is 33.1.